The Balaban J connectivity index is 1.63. The highest BCUT2D eigenvalue weighted by Crippen LogP contribution is 2.25. The van der Waals surface area contributed by atoms with Crippen molar-refractivity contribution in [3.8, 4) is 0 Å². The normalized spacial score (nSPS) is 22.1. The molecule has 0 atom stereocenters. The van der Waals surface area contributed by atoms with Crippen molar-refractivity contribution in [2.75, 3.05) is 36.8 Å². The number of hydrogen-bond donors (Lipinski definition) is 1. The van der Waals surface area contributed by atoms with Crippen molar-refractivity contribution in [2.45, 2.75) is 31.7 Å². The van der Waals surface area contributed by atoms with E-state index in [0.29, 0.717) is 5.15 Å². The molecule has 2 saturated heterocycles. The Hall–Kier alpha value is -1.07. The van der Waals surface area contributed by atoms with Gasteiger partial charge >= 0.3 is 0 Å². The van der Waals surface area contributed by atoms with Gasteiger partial charge in [-0.2, -0.15) is 4.98 Å². The quantitative estimate of drug-likeness (QED) is 0.838. The first-order valence-electron chi connectivity index (χ1n) is 7.01. The van der Waals surface area contributed by atoms with Gasteiger partial charge in [-0.3, -0.25) is 0 Å². The molecule has 3 heterocycles. The van der Waals surface area contributed by atoms with Crippen molar-refractivity contribution in [2.24, 2.45) is 0 Å². The van der Waals surface area contributed by atoms with Crippen molar-refractivity contribution < 1.29 is 0 Å². The average molecular weight is 282 g/mol. The number of likely N-dealkylation sites (tertiary alicyclic amines) is 1. The van der Waals surface area contributed by atoms with Crippen LogP contribution in [0, 0.1) is 0 Å². The molecule has 2 N–H and O–H groups in total. The first-order chi connectivity index (χ1) is 9.22. The maximum atomic E-state index is 5.94. The fourth-order valence-electron chi connectivity index (χ4n) is 3.15. The molecule has 3 rings (SSSR count). The van der Waals surface area contributed by atoms with Crippen molar-refractivity contribution in [1.29, 1.82) is 0 Å². The lowest BCUT2D eigenvalue weighted by atomic mass is 10.0. The molecule has 0 spiro atoms. The van der Waals surface area contributed by atoms with Crippen molar-refractivity contribution >= 4 is 23.4 Å². The molecular weight excluding hydrogens is 262 g/mol. The number of piperidine rings is 1. The topological polar surface area (TPSA) is 58.3 Å². The van der Waals surface area contributed by atoms with Crippen molar-refractivity contribution in [3.63, 3.8) is 0 Å². The van der Waals surface area contributed by atoms with E-state index in [1.54, 1.807) is 6.07 Å². The minimum atomic E-state index is 0.254. The van der Waals surface area contributed by atoms with Gasteiger partial charge in [-0.05, 0) is 38.8 Å². The number of rotatable bonds is 2. The average Bonchev–Trinajstić information content (AvgIpc) is 2.91. The van der Waals surface area contributed by atoms with E-state index in [9.17, 15) is 0 Å². The lowest BCUT2D eigenvalue weighted by Crippen LogP contribution is -2.44. The van der Waals surface area contributed by atoms with Gasteiger partial charge in [0.1, 0.15) is 11.0 Å². The maximum Gasteiger partial charge on any atom is 0.223 e. The Kier molecular flexibility index (Phi) is 3.75. The van der Waals surface area contributed by atoms with Crippen LogP contribution in [0.2, 0.25) is 5.15 Å². The molecule has 1 aromatic rings. The molecule has 1 aromatic heterocycles. The van der Waals surface area contributed by atoms with Crippen LogP contribution in [0.3, 0.4) is 0 Å². The van der Waals surface area contributed by atoms with E-state index < -0.39 is 0 Å². The largest absolute Gasteiger partial charge is 0.368 e. The van der Waals surface area contributed by atoms with Gasteiger partial charge in [-0.15, -0.1) is 0 Å². The summed E-state index contributed by atoms with van der Waals surface area (Å²) in [7, 11) is 0. The third kappa shape index (κ3) is 2.92. The number of halogens is 1. The zero-order chi connectivity index (χ0) is 13.2. The van der Waals surface area contributed by atoms with Crippen LogP contribution in [0.4, 0.5) is 11.8 Å². The van der Waals surface area contributed by atoms with Gasteiger partial charge in [0.2, 0.25) is 5.95 Å². The zero-order valence-electron chi connectivity index (χ0n) is 11.1. The van der Waals surface area contributed by atoms with Crippen LogP contribution in [0.5, 0.6) is 0 Å². The van der Waals surface area contributed by atoms with Crippen LogP contribution < -0.4 is 10.6 Å². The molecular formula is C13H20ClN5. The molecule has 0 aromatic carbocycles. The number of hydrogen-bond acceptors (Lipinski definition) is 5. The third-order valence-electron chi connectivity index (χ3n) is 4.14. The highest BCUT2D eigenvalue weighted by atomic mass is 35.5. The Morgan fingerprint density at radius 2 is 1.79 bits per heavy atom. The number of anilines is 2. The van der Waals surface area contributed by atoms with Gasteiger partial charge in [0.05, 0.1) is 0 Å². The summed E-state index contributed by atoms with van der Waals surface area (Å²) in [4.78, 5) is 13.1. The molecule has 2 fully saturated rings. The molecule has 0 bridgehead atoms. The van der Waals surface area contributed by atoms with Crippen molar-refractivity contribution in [3.05, 3.63) is 11.2 Å². The maximum absolute atomic E-state index is 5.94. The summed E-state index contributed by atoms with van der Waals surface area (Å²) in [6.45, 7) is 4.59. The predicted octanol–water partition coefficient (Wildman–Crippen LogP) is 1.78. The van der Waals surface area contributed by atoms with Crippen LogP contribution in [0.25, 0.3) is 0 Å². The fraction of sp³-hybridized carbons (Fsp3) is 0.692. The summed E-state index contributed by atoms with van der Waals surface area (Å²) in [5.74, 6) is 1.11. The number of nitrogen functional groups attached to an aromatic ring is 1. The molecule has 5 nitrogen and oxygen atoms in total. The number of nitrogens with two attached hydrogens (primary N) is 1. The number of aromatic nitrogens is 2. The molecule has 2 aliphatic rings. The SMILES string of the molecule is Nc1nc(Cl)cc(N2CCC(N3CCCC3)CC2)n1. The second-order valence-corrected chi connectivity index (χ2v) is 5.76. The van der Waals surface area contributed by atoms with Crippen LogP contribution in [0.15, 0.2) is 6.07 Å². The molecule has 6 heteroatoms. The van der Waals surface area contributed by atoms with Gasteiger partial charge in [-0.1, -0.05) is 11.6 Å². The highest BCUT2D eigenvalue weighted by molar-refractivity contribution is 6.29. The number of nitrogens with zero attached hydrogens (tertiary/aromatic N) is 4. The van der Waals surface area contributed by atoms with Gasteiger partial charge < -0.3 is 15.5 Å². The fourth-order valence-corrected chi connectivity index (χ4v) is 3.34. The summed E-state index contributed by atoms with van der Waals surface area (Å²) >= 11 is 5.94. The second-order valence-electron chi connectivity index (χ2n) is 5.37. The lowest BCUT2D eigenvalue weighted by molar-refractivity contribution is 0.207. The molecule has 0 amide bonds. The molecule has 0 saturated carbocycles. The Morgan fingerprint density at radius 1 is 1.11 bits per heavy atom. The van der Waals surface area contributed by atoms with Crippen LogP contribution >= 0.6 is 11.6 Å². The summed E-state index contributed by atoms with van der Waals surface area (Å²) in [6, 6.07) is 2.54. The highest BCUT2D eigenvalue weighted by Gasteiger charge is 2.27. The van der Waals surface area contributed by atoms with E-state index in [2.05, 4.69) is 19.8 Å². The standard InChI is InChI=1S/C13H20ClN5/c14-11-9-12(17-13(15)16-11)19-7-3-10(4-8-19)18-5-1-2-6-18/h9-10H,1-8H2,(H2,15,16,17). The molecule has 2 aliphatic heterocycles. The van der Waals surface area contributed by atoms with E-state index >= 15 is 0 Å². The minimum absolute atomic E-state index is 0.254. The first kappa shape index (κ1) is 12.9. The first-order valence-corrected chi connectivity index (χ1v) is 7.39. The lowest BCUT2D eigenvalue weighted by Gasteiger charge is -2.37. The molecule has 0 radical (unpaired) electrons. The zero-order valence-corrected chi connectivity index (χ0v) is 11.8. The van der Waals surface area contributed by atoms with Gasteiger partial charge in [0.25, 0.3) is 0 Å². The summed E-state index contributed by atoms with van der Waals surface area (Å²) in [6.07, 6.45) is 5.11. The molecule has 19 heavy (non-hydrogen) atoms. The molecule has 0 aliphatic carbocycles. The third-order valence-corrected chi connectivity index (χ3v) is 4.34. The Morgan fingerprint density at radius 3 is 2.42 bits per heavy atom. The summed E-state index contributed by atoms with van der Waals surface area (Å²) < 4.78 is 0. The van der Waals surface area contributed by atoms with Crippen LogP contribution in [-0.4, -0.2) is 47.1 Å². The van der Waals surface area contributed by atoms with Crippen molar-refractivity contribution in [1.82, 2.24) is 14.9 Å². The van der Waals surface area contributed by atoms with Gasteiger partial charge in [0.15, 0.2) is 0 Å². The van der Waals surface area contributed by atoms with E-state index in [4.69, 9.17) is 17.3 Å². The van der Waals surface area contributed by atoms with E-state index in [1.807, 2.05) is 0 Å². The second kappa shape index (κ2) is 5.51. The monoisotopic (exact) mass is 281 g/mol. The predicted molar refractivity (Wildman–Crippen MR) is 77.5 cm³/mol. The Bertz CT molecular complexity index is 418. The smallest absolute Gasteiger partial charge is 0.223 e. The van der Waals surface area contributed by atoms with E-state index in [1.165, 1.54) is 38.8 Å². The summed E-state index contributed by atoms with van der Waals surface area (Å²) in [5, 5.41) is 0.421. The Labute approximate surface area is 118 Å². The molecule has 104 valence electrons. The van der Waals surface area contributed by atoms with Crippen LogP contribution in [-0.2, 0) is 0 Å². The van der Waals surface area contributed by atoms with Gasteiger partial charge in [-0.25, -0.2) is 4.98 Å². The summed E-state index contributed by atoms with van der Waals surface area (Å²) in [5.41, 5.74) is 5.65. The van der Waals surface area contributed by atoms with E-state index in [0.717, 1.165) is 24.9 Å². The van der Waals surface area contributed by atoms with Gasteiger partial charge in [0, 0.05) is 25.2 Å². The molecule has 0 unspecified atom stereocenters. The van der Waals surface area contributed by atoms with Crippen LogP contribution in [0.1, 0.15) is 25.7 Å². The minimum Gasteiger partial charge on any atom is -0.368 e. The van der Waals surface area contributed by atoms with E-state index in [-0.39, 0.29) is 5.95 Å².